The van der Waals surface area contributed by atoms with Crippen LogP contribution in [0.1, 0.15) is 59.7 Å². The number of allylic oxidation sites excluding steroid dienone is 3. The molecular weight excluding hydrogens is 527 g/mol. The van der Waals surface area contributed by atoms with Gasteiger partial charge in [0.05, 0.1) is 5.41 Å². The Labute approximate surface area is 253 Å². The van der Waals surface area contributed by atoms with E-state index in [0.29, 0.717) is 0 Å². The summed E-state index contributed by atoms with van der Waals surface area (Å²) in [5, 5.41) is 0. The Kier molecular flexibility index (Phi) is 6.40. The van der Waals surface area contributed by atoms with Crippen LogP contribution < -0.4 is 0 Å². The molecule has 1 heterocycles. The molecule has 0 fully saturated rings. The highest BCUT2D eigenvalue weighted by atomic mass is 32.2. The molecule has 0 bridgehead atoms. The number of fused-ring (bicyclic) bond motifs is 8. The van der Waals surface area contributed by atoms with Gasteiger partial charge in [0.15, 0.2) is 0 Å². The highest BCUT2D eigenvalue weighted by Gasteiger charge is 2.52. The second kappa shape index (κ2) is 10.2. The number of hydrogen-bond acceptors (Lipinski definition) is 2. The Morgan fingerprint density at radius 2 is 1.19 bits per heavy atom. The molecule has 2 aliphatic rings. The van der Waals surface area contributed by atoms with Crippen molar-refractivity contribution in [2.45, 2.75) is 41.4 Å². The zero-order chi connectivity index (χ0) is 28.9. The van der Waals surface area contributed by atoms with Crippen molar-refractivity contribution in [3.05, 3.63) is 173 Å². The number of nitrogens with zero attached hydrogens (tertiary/aromatic N) is 1. The first-order valence-corrected chi connectivity index (χ1v) is 15.3. The molecule has 42 heavy (non-hydrogen) atoms. The fraction of sp³-hybridized carbons (Fsp3) is 0.125. The highest BCUT2D eigenvalue weighted by Crippen LogP contribution is 2.61. The molecule has 0 saturated carbocycles. The maximum atomic E-state index is 3.88. The zero-order valence-corrected chi connectivity index (χ0v) is 25.1. The van der Waals surface area contributed by atoms with Crippen molar-refractivity contribution in [2.75, 3.05) is 0 Å². The molecule has 5 aromatic rings. The van der Waals surface area contributed by atoms with Gasteiger partial charge in [-0.1, -0.05) is 129 Å². The molecule has 0 unspecified atom stereocenters. The molecule has 1 spiro atoms. The van der Waals surface area contributed by atoms with Crippen LogP contribution in [0.25, 0.3) is 16.7 Å². The van der Waals surface area contributed by atoms with Crippen LogP contribution in [0, 0.1) is 0 Å². The molecule has 0 amide bonds. The maximum Gasteiger partial charge on any atom is 0.0729 e. The van der Waals surface area contributed by atoms with Crippen molar-refractivity contribution in [1.29, 1.82) is 0 Å². The summed E-state index contributed by atoms with van der Waals surface area (Å²) in [5.74, 6) is 0. The summed E-state index contributed by atoms with van der Waals surface area (Å²) in [5.41, 5.74) is 12.5. The van der Waals surface area contributed by atoms with Gasteiger partial charge in [-0.2, -0.15) is 0 Å². The Bertz CT molecular complexity index is 1860. The van der Waals surface area contributed by atoms with Crippen LogP contribution in [0.15, 0.2) is 148 Å². The van der Waals surface area contributed by atoms with Gasteiger partial charge < -0.3 is 0 Å². The molecule has 0 aromatic heterocycles. The van der Waals surface area contributed by atoms with Crippen LogP contribution in [0.3, 0.4) is 0 Å². The lowest BCUT2D eigenvalue weighted by molar-refractivity contribution is 0.549. The third kappa shape index (κ3) is 3.82. The molecule has 1 nitrogen and oxygen atoms in total. The number of hydrogen-bond donors (Lipinski definition) is 0. The van der Waals surface area contributed by atoms with Gasteiger partial charge in [-0.15, -0.1) is 0 Å². The summed E-state index contributed by atoms with van der Waals surface area (Å²) in [7, 11) is 0. The van der Waals surface area contributed by atoms with Crippen molar-refractivity contribution in [2.24, 2.45) is 4.99 Å². The van der Waals surface area contributed by atoms with Crippen molar-refractivity contribution >= 4 is 24.1 Å². The first kappa shape index (κ1) is 26.5. The predicted octanol–water partition coefficient (Wildman–Crippen LogP) is 10.5. The van der Waals surface area contributed by atoms with E-state index in [1.165, 1.54) is 54.3 Å². The van der Waals surface area contributed by atoms with Gasteiger partial charge in [0.2, 0.25) is 0 Å². The fourth-order valence-electron chi connectivity index (χ4n) is 7.15. The van der Waals surface area contributed by atoms with Crippen LogP contribution in [0.4, 0.5) is 0 Å². The minimum atomic E-state index is -0.406. The number of aliphatic imine (C=N–C) groups is 1. The van der Waals surface area contributed by atoms with Crippen molar-refractivity contribution < 1.29 is 0 Å². The van der Waals surface area contributed by atoms with Crippen LogP contribution in [0.2, 0.25) is 0 Å². The summed E-state index contributed by atoms with van der Waals surface area (Å²) in [6.07, 6.45) is 5.85. The normalized spacial score (nSPS) is 15.9. The predicted molar refractivity (Wildman–Crippen MR) is 179 cm³/mol. The van der Waals surface area contributed by atoms with Crippen molar-refractivity contribution in [3.8, 4) is 11.1 Å². The van der Waals surface area contributed by atoms with Gasteiger partial charge >= 0.3 is 0 Å². The summed E-state index contributed by atoms with van der Waals surface area (Å²) >= 11 is 1.89. The first-order valence-electron chi connectivity index (χ1n) is 14.5. The van der Waals surface area contributed by atoms with Gasteiger partial charge in [0.1, 0.15) is 0 Å². The molecule has 0 radical (unpaired) electrons. The minimum Gasteiger partial charge on any atom is -0.272 e. The molecule has 1 aliphatic heterocycles. The molecule has 204 valence electrons. The third-order valence-electron chi connectivity index (χ3n) is 9.13. The molecule has 0 N–H and O–H groups in total. The summed E-state index contributed by atoms with van der Waals surface area (Å²) in [6, 6.07) is 43.2. The quantitative estimate of drug-likeness (QED) is 0.155. The topological polar surface area (TPSA) is 12.4 Å². The van der Waals surface area contributed by atoms with Crippen LogP contribution in [-0.4, -0.2) is 6.72 Å². The average Bonchev–Trinajstić information content (AvgIpc) is 3.03. The fourth-order valence-corrected chi connectivity index (χ4v) is 8.34. The Morgan fingerprint density at radius 3 is 1.81 bits per heavy atom. The highest BCUT2D eigenvalue weighted by molar-refractivity contribution is 7.99. The molecule has 1 aliphatic carbocycles. The summed E-state index contributed by atoms with van der Waals surface area (Å²) in [6.45, 7) is 10.4. The second-order valence-corrected chi connectivity index (χ2v) is 12.7. The van der Waals surface area contributed by atoms with E-state index in [2.05, 4.69) is 154 Å². The Morgan fingerprint density at radius 1 is 0.643 bits per heavy atom. The second-order valence-electron chi connectivity index (χ2n) is 11.6. The van der Waals surface area contributed by atoms with Crippen molar-refractivity contribution in [3.63, 3.8) is 0 Å². The lowest BCUT2D eigenvalue weighted by Gasteiger charge is -2.50. The molecular formula is C40H33NS. The van der Waals surface area contributed by atoms with E-state index in [9.17, 15) is 0 Å². The smallest absolute Gasteiger partial charge is 0.0729 e. The van der Waals surface area contributed by atoms with E-state index < -0.39 is 5.41 Å². The first-order chi connectivity index (χ1) is 20.5. The Balaban J connectivity index is 1.51. The lowest BCUT2D eigenvalue weighted by atomic mass is 9.54. The van der Waals surface area contributed by atoms with Crippen LogP contribution in [0.5, 0.6) is 0 Å². The minimum absolute atomic E-state index is 0.139. The van der Waals surface area contributed by atoms with Crippen LogP contribution >= 0.6 is 11.8 Å². The Hall–Kier alpha value is -4.40. The van der Waals surface area contributed by atoms with E-state index in [-0.39, 0.29) is 5.41 Å². The zero-order valence-electron chi connectivity index (χ0n) is 24.3. The maximum absolute atomic E-state index is 3.88. The van der Waals surface area contributed by atoms with E-state index >= 15 is 0 Å². The summed E-state index contributed by atoms with van der Waals surface area (Å²) < 4.78 is 0. The lowest BCUT2D eigenvalue weighted by Crippen LogP contribution is -2.43. The molecule has 2 heteroatoms. The summed E-state index contributed by atoms with van der Waals surface area (Å²) in [4.78, 5) is 6.54. The van der Waals surface area contributed by atoms with Gasteiger partial charge in [0.25, 0.3) is 0 Å². The molecule has 7 rings (SSSR count). The van der Waals surface area contributed by atoms with E-state index in [1.807, 2.05) is 17.8 Å². The number of rotatable bonds is 4. The third-order valence-corrected chi connectivity index (χ3v) is 10.3. The standard InChI is InChI=1S/C40H33NS/c1-5-27(24-25-41-4)28-18-20-29(21-19-28)30-22-23-32-36(26-30)40(33-13-7-6-12-31(33)39(32,2)3)34-14-8-10-16-37(34)42-38-17-11-9-15-35(38)40/h5-26H,4H2,1-3H3/b25-24-,27-5+. The molecule has 0 atom stereocenters. The van der Waals surface area contributed by atoms with Crippen LogP contribution in [-0.2, 0) is 10.8 Å². The van der Waals surface area contributed by atoms with Gasteiger partial charge in [-0.25, -0.2) is 0 Å². The van der Waals surface area contributed by atoms with E-state index in [1.54, 1.807) is 6.20 Å². The van der Waals surface area contributed by atoms with E-state index in [4.69, 9.17) is 0 Å². The largest absolute Gasteiger partial charge is 0.272 e. The monoisotopic (exact) mass is 559 g/mol. The average molecular weight is 560 g/mol. The van der Waals surface area contributed by atoms with E-state index in [0.717, 1.165) is 11.1 Å². The van der Waals surface area contributed by atoms with Gasteiger partial charge in [0, 0.05) is 21.4 Å². The SMILES string of the molecule is C=N/C=C\C(=C/C)c1ccc(-c2ccc3c(c2)C2(c4ccccc4Sc4ccccc42)c2ccccc2C3(C)C)cc1. The molecule has 0 saturated heterocycles. The van der Waals surface area contributed by atoms with Crippen molar-refractivity contribution in [1.82, 2.24) is 0 Å². The molecule has 5 aromatic carbocycles. The van der Waals surface area contributed by atoms with Gasteiger partial charge in [-0.3, -0.25) is 4.99 Å². The number of benzene rings is 5. The van der Waals surface area contributed by atoms with Gasteiger partial charge in [-0.05, 0) is 93.6 Å².